The first-order valence-electron chi connectivity index (χ1n) is 7.28. The van der Waals surface area contributed by atoms with Gasteiger partial charge in [0.15, 0.2) is 0 Å². The molecule has 19 heavy (non-hydrogen) atoms. The SMILES string of the molecule is CC/C=C(\[C@@H](C)CCCC)[S@@](=O)c1ccc(C)cc1. The minimum absolute atomic E-state index is 0.405. The zero-order chi connectivity index (χ0) is 14.3. The highest BCUT2D eigenvalue weighted by atomic mass is 32.2. The third-order valence-electron chi connectivity index (χ3n) is 3.33. The molecular weight excluding hydrogens is 252 g/mol. The van der Waals surface area contributed by atoms with E-state index in [1.54, 1.807) is 0 Å². The van der Waals surface area contributed by atoms with Crippen LogP contribution in [0.5, 0.6) is 0 Å². The molecule has 1 aromatic rings. The molecule has 2 heteroatoms. The highest BCUT2D eigenvalue weighted by Crippen LogP contribution is 2.26. The van der Waals surface area contributed by atoms with Gasteiger partial charge in [0.05, 0.1) is 10.8 Å². The molecule has 0 saturated carbocycles. The lowest BCUT2D eigenvalue weighted by Gasteiger charge is -2.15. The molecule has 0 unspecified atom stereocenters. The van der Waals surface area contributed by atoms with Crippen molar-refractivity contribution in [2.24, 2.45) is 5.92 Å². The molecule has 0 amide bonds. The minimum Gasteiger partial charge on any atom is -0.249 e. The van der Waals surface area contributed by atoms with Gasteiger partial charge in [-0.05, 0) is 37.8 Å². The lowest BCUT2D eigenvalue weighted by atomic mass is 10.0. The first-order valence-corrected chi connectivity index (χ1v) is 8.43. The number of benzene rings is 1. The fourth-order valence-corrected chi connectivity index (χ4v) is 3.57. The van der Waals surface area contributed by atoms with Crippen molar-refractivity contribution in [2.45, 2.75) is 58.3 Å². The number of allylic oxidation sites excluding steroid dienone is 2. The van der Waals surface area contributed by atoms with Crippen LogP contribution in [0, 0.1) is 12.8 Å². The molecule has 2 atom stereocenters. The van der Waals surface area contributed by atoms with Gasteiger partial charge in [-0.25, -0.2) is 4.21 Å². The third kappa shape index (κ3) is 4.94. The predicted molar refractivity (Wildman–Crippen MR) is 84.7 cm³/mol. The molecule has 0 aliphatic carbocycles. The highest BCUT2D eigenvalue weighted by Gasteiger charge is 2.16. The van der Waals surface area contributed by atoms with Crippen molar-refractivity contribution in [1.29, 1.82) is 0 Å². The van der Waals surface area contributed by atoms with Crippen LogP contribution in [0.2, 0.25) is 0 Å². The van der Waals surface area contributed by atoms with Crippen LogP contribution < -0.4 is 0 Å². The lowest BCUT2D eigenvalue weighted by molar-refractivity contribution is 0.584. The highest BCUT2D eigenvalue weighted by molar-refractivity contribution is 7.89. The van der Waals surface area contributed by atoms with Crippen molar-refractivity contribution >= 4 is 10.8 Å². The average molecular weight is 278 g/mol. The topological polar surface area (TPSA) is 17.1 Å². The number of hydrogen-bond donors (Lipinski definition) is 0. The molecule has 0 saturated heterocycles. The van der Waals surface area contributed by atoms with Crippen LogP contribution in [-0.4, -0.2) is 4.21 Å². The first-order chi connectivity index (χ1) is 9.10. The van der Waals surface area contributed by atoms with Crippen LogP contribution in [0.15, 0.2) is 40.1 Å². The Kier molecular flexibility index (Phi) is 7.07. The molecule has 1 rings (SSSR count). The monoisotopic (exact) mass is 278 g/mol. The van der Waals surface area contributed by atoms with E-state index >= 15 is 0 Å². The molecule has 0 radical (unpaired) electrons. The Labute approximate surface area is 120 Å². The van der Waals surface area contributed by atoms with Crippen LogP contribution in [0.1, 0.15) is 52.0 Å². The molecule has 0 aromatic heterocycles. The predicted octanol–water partition coefficient (Wildman–Crippen LogP) is 5.22. The van der Waals surface area contributed by atoms with E-state index in [4.69, 9.17) is 0 Å². The number of hydrogen-bond acceptors (Lipinski definition) is 1. The second-order valence-corrected chi connectivity index (χ2v) is 6.62. The maximum atomic E-state index is 12.7. The number of rotatable bonds is 7. The molecule has 0 fully saturated rings. The number of aryl methyl sites for hydroxylation is 1. The molecule has 1 aromatic carbocycles. The molecular formula is C17H26OS. The molecule has 0 N–H and O–H groups in total. The zero-order valence-electron chi connectivity index (χ0n) is 12.6. The summed E-state index contributed by atoms with van der Waals surface area (Å²) in [5, 5.41) is 0. The Balaban J connectivity index is 2.90. The van der Waals surface area contributed by atoms with Gasteiger partial charge in [0.25, 0.3) is 0 Å². The van der Waals surface area contributed by atoms with Crippen molar-refractivity contribution < 1.29 is 4.21 Å². The minimum atomic E-state index is -1.00. The second-order valence-electron chi connectivity index (χ2n) is 5.14. The van der Waals surface area contributed by atoms with E-state index in [1.165, 1.54) is 18.4 Å². The summed E-state index contributed by atoms with van der Waals surface area (Å²) in [5.41, 5.74) is 1.21. The normalized spacial score (nSPS) is 15.3. The summed E-state index contributed by atoms with van der Waals surface area (Å²) in [6.45, 7) is 8.56. The largest absolute Gasteiger partial charge is 0.249 e. The van der Waals surface area contributed by atoms with Gasteiger partial charge in [-0.1, -0.05) is 57.4 Å². The molecule has 0 bridgehead atoms. The summed E-state index contributed by atoms with van der Waals surface area (Å²) in [6.07, 6.45) is 6.62. The Hall–Kier alpha value is -0.890. The standard InChI is InChI=1S/C17H26OS/c1-5-7-9-15(4)17(8-6-2)19(18)16-12-10-14(3)11-13-16/h8,10-13,15H,5-7,9H2,1-4H3/b17-8+/t15-,19-/m0/s1. The van der Waals surface area contributed by atoms with Crippen molar-refractivity contribution in [1.82, 2.24) is 0 Å². The summed E-state index contributed by atoms with van der Waals surface area (Å²) < 4.78 is 12.7. The Bertz CT molecular complexity index is 431. The van der Waals surface area contributed by atoms with E-state index in [0.29, 0.717) is 5.92 Å². The summed E-state index contributed by atoms with van der Waals surface area (Å²) in [4.78, 5) is 2.02. The molecule has 0 spiro atoms. The van der Waals surface area contributed by atoms with Crippen LogP contribution in [-0.2, 0) is 10.8 Å². The van der Waals surface area contributed by atoms with Gasteiger partial charge in [-0.15, -0.1) is 0 Å². The molecule has 106 valence electrons. The fraction of sp³-hybridized carbons (Fsp3) is 0.529. The molecule has 1 nitrogen and oxygen atoms in total. The first kappa shape index (κ1) is 16.2. The van der Waals surface area contributed by atoms with Crippen molar-refractivity contribution in [3.8, 4) is 0 Å². The van der Waals surface area contributed by atoms with Crippen LogP contribution in [0.4, 0.5) is 0 Å². The van der Waals surface area contributed by atoms with E-state index in [2.05, 4.69) is 33.8 Å². The quantitative estimate of drug-likeness (QED) is 0.668. The van der Waals surface area contributed by atoms with Gasteiger partial charge in [-0.2, -0.15) is 0 Å². The number of unbranched alkanes of at least 4 members (excludes halogenated alkanes) is 1. The van der Waals surface area contributed by atoms with Gasteiger partial charge in [0.2, 0.25) is 0 Å². The van der Waals surface area contributed by atoms with Gasteiger partial charge in [0, 0.05) is 9.80 Å². The van der Waals surface area contributed by atoms with Gasteiger partial charge >= 0.3 is 0 Å². The summed E-state index contributed by atoms with van der Waals surface area (Å²) >= 11 is 0. The molecule has 0 heterocycles. The van der Waals surface area contributed by atoms with Crippen molar-refractivity contribution in [2.75, 3.05) is 0 Å². The smallest absolute Gasteiger partial charge is 0.0807 e. The van der Waals surface area contributed by atoms with E-state index in [1.807, 2.05) is 24.3 Å². The Morgan fingerprint density at radius 3 is 2.42 bits per heavy atom. The third-order valence-corrected chi connectivity index (χ3v) is 5.03. The van der Waals surface area contributed by atoms with E-state index in [9.17, 15) is 4.21 Å². The van der Waals surface area contributed by atoms with Crippen molar-refractivity contribution in [3.05, 3.63) is 40.8 Å². The van der Waals surface area contributed by atoms with E-state index < -0.39 is 10.8 Å². The summed E-state index contributed by atoms with van der Waals surface area (Å²) in [7, 11) is -1.00. The molecule has 0 aliphatic heterocycles. The van der Waals surface area contributed by atoms with Gasteiger partial charge in [0.1, 0.15) is 0 Å². The van der Waals surface area contributed by atoms with Gasteiger partial charge < -0.3 is 0 Å². The Morgan fingerprint density at radius 1 is 1.26 bits per heavy atom. The van der Waals surface area contributed by atoms with Crippen LogP contribution in [0.25, 0.3) is 0 Å². The maximum absolute atomic E-state index is 12.7. The summed E-state index contributed by atoms with van der Waals surface area (Å²) in [5.74, 6) is 0.405. The fourth-order valence-electron chi connectivity index (χ4n) is 2.11. The van der Waals surface area contributed by atoms with Gasteiger partial charge in [-0.3, -0.25) is 0 Å². The molecule has 0 aliphatic rings. The average Bonchev–Trinajstić information content (AvgIpc) is 2.42. The van der Waals surface area contributed by atoms with Crippen LogP contribution >= 0.6 is 0 Å². The van der Waals surface area contributed by atoms with E-state index in [0.717, 1.165) is 22.6 Å². The summed E-state index contributed by atoms with van der Waals surface area (Å²) in [6, 6.07) is 8.05. The lowest BCUT2D eigenvalue weighted by Crippen LogP contribution is -2.06. The van der Waals surface area contributed by atoms with Crippen LogP contribution in [0.3, 0.4) is 0 Å². The second kappa shape index (κ2) is 8.31. The van der Waals surface area contributed by atoms with E-state index in [-0.39, 0.29) is 0 Å². The van der Waals surface area contributed by atoms with Crippen molar-refractivity contribution in [3.63, 3.8) is 0 Å². The maximum Gasteiger partial charge on any atom is 0.0807 e. The zero-order valence-corrected chi connectivity index (χ0v) is 13.4. The Morgan fingerprint density at radius 2 is 1.89 bits per heavy atom.